The van der Waals surface area contributed by atoms with Crippen LogP contribution in [0.15, 0.2) is 36.4 Å². The maximum atomic E-state index is 13.8. The normalized spacial score (nSPS) is 10.5. The lowest BCUT2D eigenvalue weighted by Gasteiger charge is -2.10. The van der Waals surface area contributed by atoms with Gasteiger partial charge in [-0.15, -0.1) is 0 Å². The van der Waals surface area contributed by atoms with Crippen molar-refractivity contribution in [3.05, 3.63) is 59.2 Å². The van der Waals surface area contributed by atoms with Gasteiger partial charge in [-0.1, -0.05) is 12.1 Å². The fourth-order valence-corrected chi connectivity index (χ4v) is 1.93. The first-order valence-electron chi connectivity index (χ1n) is 6.52. The highest BCUT2D eigenvalue weighted by Gasteiger charge is 2.12. The number of hydrogen-bond donors (Lipinski definition) is 1. The van der Waals surface area contributed by atoms with E-state index in [0.717, 1.165) is 5.56 Å². The topological polar surface area (TPSA) is 30.5 Å². The lowest BCUT2D eigenvalue weighted by Crippen LogP contribution is -2.07. The molecule has 0 aromatic heterocycles. The summed E-state index contributed by atoms with van der Waals surface area (Å²) >= 11 is 0. The van der Waals surface area contributed by atoms with Crippen LogP contribution in [0.3, 0.4) is 0 Å². The van der Waals surface area contributed by atoms with E-state index in [0.29, 0.717) is 17.9 Å². The van der Waals surface area contributed by atoms with Crippen molar-refractivity contribution in [1.29, 1.82) is 0 Å². The van der Waals surface area contributed by atoms with Gasteiger partial charge in [-0.05, 0) is 42.4 Å². The van der Waals surface area contributed by atoms with Gasteiger partial charge in [0.1, 0.15) is 12.4 Å². The van der Waals surface area contributed by atoms with Crippen LogP contribution in [-0.2, 0) is 13.2 Å². The largest absolute Gasteiger partial charge is 0.497 e. The van der Waals surface area contributed by atoms with Crippen LogP contribution in [0, 0.1) is 11.6 Å². The molecule has 0 aliphatic carbocycles. The number of methoxy groups -OCH3 is 1. The van der Waals surface area contributed by atoms with Gasteiger partial charge in [0.05, 0.1) is 7.11 Å². The monoisotopic (exact) mass is 293 g/mol. The molecule has 0 aliphatic rings. The minimum atomic E-state index is -0.700. The Labute approximate surface area is 122 Å². The third kappa shape index (κ3) is 3.92. The smallest absolute Gasteiger partial charge is 0.191 e. The van der Waals surface area contributed by atoms with Crippen molar-refractivity contribution in [2.24, 2.45) is 0 Å². The molecule has 0 radical (unpaired) electrons. The van der Waals surface area contributed by atoms with Gasteiger partial charge in [0.15, 0.2) is 17.4 Å². The van der Waals surface area contributed by atoms with E-state index in [-0.39, 0.29) is 12.4 Å². The van der Waals surface area contributed by atoms with Crippen molar-refractivity contribution in [1.82, 2.24) is 5.32 Å². The summed E-state index contributed by atoms with van der Waals surface area (Å²) in [6.07, 6.45) is 0. The third-order valence-electron chi connectivity index (χ3n) is 2.98. The second-order valence-corrected chi connectivity index (χ2v) is 4.56. The highest BCUT2D eigenvalue weighted by molar-refractivity contribution is 5.32. The molecule has 2 aromatic carbocycles. The van der Waals surface area contributed by atoms with Gasteiger partial charge in [0.2, 0.25) is 0 Å². The van der Waals surface area contributed by atoms with Crippen molar-refractivity contribution in [3.63, 3.8) is 0 Å². The van der Waals surface area contributed by atoms with E-state index in [1.807, 2.05) is 0 Å². The molecule has 0 saturated heterocycles. The zero-order chi connectivity index (χ0) is 15.2. The van der Waals surface area contributed by atoms with Crippen molar-refractivity contribution < 1.29 is 18.3 Å². The second-order valence-electron chi connectivity index (χ2n) is 4.56. The Kier molecular flexibility index (Phi) is 5.11. The van der Waals surface area contributed by atoms with Gasteiger partial charge < -0.3 is 14.8 Å². The van der Waals surface area contributed by atoms with Crippen LogP contribution in [-0.4, -0.2) is 14.2 Å². The number of benzene rings is 2. The Hall–Kier alpha value is -2.14. The molecule has 0 bridgehead atoms. The number of ether oxygens (including phenoxy) is 2. The molecule has 0 fully saturated rings. The number of hydrogen-bond acceptors (Lipinski definition) is 3. The molecule has 0 unspecified atom stereocenters. The second kappa shape index (κ2) is 7.04. The highest BCUT2D eigenvalue weighted by Crippen LogP contribution is 2.24. The summed E-state index contributed by atoms with van der Waals surface area (Å²) in [6, 6.07) is 9.63. The molecule has 5 heteroatoms. The molecule has 0 saturated carbocycles. The van der Waals surface area contributed by atoms with Crippen LogP contribution in [0.1, 0.15) is 11.1 Å². The van der Waals surface area contributed by atoms with E-state index in [9.17, 15) is 8.78 Å². The first kappa shape index (κ1) is 15.3. The molecule has 0 atom stereocenters. The van der Waals surface area contributed by atoms with Crippen LogP contribution in [0.25, 0.3) is 0 Å². The average molecular weight is 293 g/mol. The lowest BCUT2D eigenvalue weighted by atomic mass is 10.2. The van der Waals surface area contributed by atoms with Crippen molar-refractivity contribution in [2.45, 2.75) is 13.2 Å². The molecular weight excluding hydrogens is 276 g/mol. The van der Waals surface area contributed by atoms with E-state index < -0.39 is 11.6 Å². The van der Waals surface area contributed by atoms with Crippen LogP contribution >= 0.6 is 0 Å². The van der Waals surface area contributed by atoms with E-state index in [1.54, 1.807) is 38.4 Å². The van der Waals surface area contributed by atoms with E-state index >= 15 is 0 Å². The molecule has 0 spiro atoms. The molecule has 0 aliphatic heterocycles. The van der Waals surface area contributed by atoms with Gasteiger partial charge in [-0.25, -0.2) is 8.78 Å². The number of rotatable bonds is 6. The van der Waals surface area contributed by atoms with Crippen molar-refractivity contribution in [3.8, 4) is 11.5 Å². The Morgan fingerprint density at radius 2 is 1.62 bits per heavy atom. The lowest BCUT2D eigenvalue weighted by molar-refractivity contribution is 0.273. The van der Waals surface area contributed by atoms with Gasteiger partial charge in [0, 0.05) is 6.54 Å². The summed E-state index contributed by atoms with van der Waals surface area (Å²) in [5.74, 6) is -1.04. The minimum Gasteiger partial charge on any atom is -0.497 e. The maximum Gasteiger partial charge on any atom is 0.191 e. The summed E-state index contributed by atoms with van der Waals surface area (Å²) in [6.45, 7) is 0.482. The Morgan fingerprint density at radius 3 is 2.14 bits per heavy atom. The van der Waals surface area contributed by atoms with Gasteiger partial charge in [0.25, 0.3) is 0 Å². The average Bonchev–Trinajstić information content (AvgIpc) is 2.47. The Balaban J connectivity index is 2.08. The highest BCUT2D eigenvalue weighted by atomic mass is 19.1. The van der Waals surface area contributed by atoms with Gasteiger partial charge in [-0.2, -0.15) is 0 Å². The molecule has 2 rings (SSSR count). The number of halogens is 2. The Bertz CT molecular complexity index is 577. The fourth-order valence-electron chi connectivity index (χ4n) is 1.93. The van der Waals surface area contributed by atoms with Crippen molar-refractivity contribution in [2.75, 3.05) is 14.2 Å². The van der Waals surface area contributed by atoms with Gasteiger partial charge >= 0.3 is 0 Å². The molecule has 112 valence electrons. The zero-order valence-electron chi connectivity index (χ0n) is 12.0. The van der Waals surface area contributed by atoms with Crippen LogP contribution in [0.5, 0.6) is 11.5 Å². The summed E-state index contributed by atoms with van der Waals surface area (Å²) in [4.78, 5) is 0. The quantitative estimate of drug-likeness (QED) is 0.886. The maximum absolute atomic E-state index is 13.8. The van der Waals surface area contributed by atoms with E-state index in [1.165, 1.54) is 12.1 Å². The predicted octanol–water partition coefficient (Wildman–Crippen LogP) is 3.27. The standard InChI is InChI=1S/C16H17F2NO2/c1-19-9-12-7-14(17)16(15(18)8-12)21-10-11-3-5-13(20-2)6-4-11/h3-8,19H,9-10H2,1-2H3. The van der Waals surface area contributed by atoms with Crippen LogP contribution < -0.4 is 14.8 Å². The molecule has 1 N–H and O–H groups in total. The van der Waals surface area contributed by atoms with Crippen LogP contribution in [0.4, 0.5) is 8.78 Å². The first-order valence-corrected chi connectivity index (χ1v) is 6.52. The third-order valence-corrected chi connectivity index (χ3v) is 2.98. The summed E-state index contributed by atoms with van der Waals surface area (Å²) < 4.78 is 38.0. The molecule has 3 nitrogen and oxygen atoms in total. The molecular formula is C16H17F2NO2. The van der Waals surface area contributed by atoms with Gasteiger partial charge in [-0.3, -0.25) is 0 Å². The summed E-state index contributed by atoms with van der Waals surface area (Å²) in [5.41, 5.74) is 1.33. The summed E-state index contributed by atoms with van der Waals surface area (Å²) in [5, 5.41) is 2.84. The zero-order valence-corrected chi connectivity index (χ0v) is 12.0. The molecule has 0 heterocycles. The fraction of sp³-hybridized carbons (Fsp3) is 0.250. The minimum absolute atomic E-state index is 0.0865. The summed E-state index contributed by atoms with van der Waals surface area (Å²) in [7, 11) is 3.28. The predicted molar refractivity (Wildman–Crippen MR) is 76.4 cm³/mol. The molecule has 21 heavy (non-hydrogen) atoms. The first-order chi connectivity index (χ1) is 10.1. The molecule has 0 amide bonds. The SMILES string of the molecule is CNCc1cc(F)c(OCc2ccc(OC)cc2)c(F)c1. The van der Waals surface area contributed by atoms with E-state index in [4.69, 9.17) is 9.47 Å². The Morgan fingerprint density at radius 1 is 1.00 bits per heavy atom. The molecule has 2 aromatic rings. The van der Waals surface area contributed by atoms with Crippen LogP contribution in [0.2, 0.25) is 0 Å². The van der Waals surface area contributed by atoms with Crippen molar-refractivity contribution >= 4 is 0 Å². The van der Waals surface area contributed by atoms with E-state index in [2.05, 4.69) is 5.32 Å². The number of nitrogens with one attached hydrogen (secondary N) is 1.